The van der Waals surface area contributed by atoms with E-state index in [4.69, 9.17) is 28.9 Å². The van der Waals surface area contributed by atoms with Gasteiger partial charge in [0.25, 0.3) is 0 Å². The largest absolute Gasteiger partial charge is 0.392 e. The van der Waals surface area contributed by atoms with Crippen LogP contribution in [0.2, 0.25) is 5.02 Å². The molecule has 5 heteroatoms. The van der Waals surface area contributed by atoms with Gasteiger partial charge in [-0.05, 0) is 50.2 Å². The standard InChI is InChI=1S/C12H17ClN2OS/c1-7-4-8(2)11(10(13)5-7)15-12(17)14-6-9(3)16/h4-5,9,16H,6H2,1-3H3,(H2,14,15,17)/t9-/m1/s1. The van der Waals surface area contributed by atoms with Gasteiger partial charge >= 0.3 is 0 Å². The van der Waals surface area contributed by atoms with Crippen LogP contribution < -0.4 is 10.6 Å². The molecule has 0 radical (unpaired) electrons. The Kier molecular flexibility index (Phi) is 5.18. The van der Waals surface area contributed by atoms with Crippen LogP contribution in [0.4, 0.5) is 5.69 Å². The van der Waals surface area contributed by atoms with Crippen LogP contribution in [-0.2, 0) is 0 Å². The minimum absolute atomic E-state index is 0.411. The van der Waals surface area contributed by atoms with Crippen LogP contribution in [0.1, 0.15) is 18.1 Å². The number of halogens is 1. The van der Waals surface area contributed by atoms with Crippen LogP contribution in [0.25, 0.3) is 0 Å². The fourth-order valence-electron chi connectivity index (χ4n) is 1.47. The first-order valence-electron chi connectivity index (χ1n) is 5.40. The second-order valence-electron chi connectivity index (χ2n) is 4.12. The summed E-state index contributed by atoms with van der Waals surface area (Å²) in [5.74, 6) is 0. The third-order valence-electron chi connectivity index (χ3n) is 2.23. The average Bonchev–Trinajstić information content (AvgIpc) is 2.20. The van der Waals surface area contributed by atoms with Gasteiger partial charge in [-0.25, -0.2) is 0 Å². The number of aryl methyl sites for hydroxylation is 2. The molecule has 0 unspecified atom stereocenters. The summed E-state index contributed by atoms with van der Waals surface area (Å²) in [6.45, 7) is 6.07. The predicted octanol–water partition coefficient (Wildman–Crippen LogP) is 2.62. The fraction of sp³-hybridized carbons (Fsp3) is 0.417. The van der Waals surface area contributed by atoms with Crippen molar-refractivity contribution in [3.8, 4) is 0 Å². The highest BCUT2D eigenvalue weighted by Crippen LogP contribution is 2.27. The van der Waals surface area contributed by atoms with E-state index >= 15 is 0 Å². The van der Waals surface area contributed by atoms with E-state index in [0.717, 1.165) is 16.8 Å². The van der Waals surface area contributed by atoms with Gasteiger partial charge in [0.1, 0.15) is 0 Å². The van der Waals surface area contributed by atoms with E-state index in [-0.39, 0.29) is 0 Å². The maximum atomic E-state index is 9.14. The first-order chi connectivity index (χ1) is 7.90. The molecule has 0 amide bonds. The van der Waals surface area contributed by atoms with Crippen molar-refractivity contribution in [3.63, 3.8) is 0 Å². The zero-order valence-electron chi connectivity index (χ0n) is 10.2. The Morgan fingerprint density at radius 3 is 2.65 bits per heavy atom. The monoisotopic (exact) mass is 272 g/mol. The van der Waals surface area contributed by atoms with Crippen molar-refractivity contribution < 1.29 is 5.11 Å². The molecule has 0 aliphatic heterocycles. The van der Waals surface area contributed by atoms with Gasteiger partial charge < -0.3 is 15.7 Å². The van der Waals surface area contributed by atoms with Crippen molar-refractivity contribution in [2.24, 2.45) is 0 Å². The van der Waals surface area contributed by atoms with Crippen LogP contribution in [0.15, 0.2) is 12.1 Å². The summed E-state index contributed by atoms with van der Waals surface area (Å²) in [5.41, 5.74) is 2.96. The Labute approximate surface area is 112 Å². The second-order valence-corrected chi connectivity index (χ2v) is 4.94. The number of benzene rings is 1. The molecule has 1 rings (SSSR count). The van der Waals surface area contributed by atoms with E-state index in [1.165, 1.54) is 0 Å². The topological polar surface area (TPSA) is 44.3 Å². The van der Waals surface area contributed by atoms with E-state index < -0.39 is 6.10 Å². The number of hydrogen-bond donors (Lipinski definition) is 3. The van der Waals surface area contributed by atoms with Gasteiger partial charge in [0.2, 0.25) is 0 Å². The predicted molar refractivity (Wildman–Crippen MR) is 76.8 cm³/mol. The molecule has 1 aromatic carbocycles. The Morgan fingerprint density at radius 1 is 1.47 bits per heavy atom. The molecular formula is C12H17ClN2OS. The first kappa shape index (κ1) is 14.2. The summed E-state index contributed by atoms with van der Waals surface area (Å²) in [7, 11) is 0. The number of hydrogen-bond acceptors (Lipinski definition) is 2. The summed E-state index contributed by atoms with van der Waals surface area (Å²) in [5, 5.41) is 16.2. The summed E-state index contributed by atoms with van der Waals surface area (Å²) in [4.78, 5) is 0. The van der Waals surface area contributed by atoms with Gasteiger partial charge in [0, 0.05) is 6.54 Å². The molecular weight excluding hydrogens is 256 g/mol. The molecule has 0 saturated carbocycles. The molecule has 0 heterocycles. The molecule has 0 aliphatic rings. The number of thiocarbonyl (C=S) groups is 1. The van der Waals surface area contributed by atoms with Crippen LogP contribution in [0, 0.1) is 13.8 Å². The molecule has 0 saturated heterocycles. The lowest BCUT2D eigenvalue weighted by Crippen LogP contribution is -2.34. The van der Waals surface area contributed by atoms with Crippen molar-refractivity contribution in [2.45, 2.75) is 26.9 Å². The maximum absolute atomic E-state index is 9.14. The zero-order chi connectivity index (χ0) is 13.0. The van der Waals surface area contributed by atoms with Gasteiger partial charge in [-0.1, -0.05) is 17.7 Å². The van der Waals surface area contributed by atoms with E-state index in [1.807, 2.05) is 26.0 Å². The van der Waals surface area contributed by atoms with E-state index in [9.17, 15) is 0 Å². The van der Waals surface area contributed by atoms with Crippen LogP contribution in [0.3, 0.4) is 0 Å². The Hall–Kier alpha value is -0.840. The molecule has 3 nitrogen and oxygen atoms in total. The van der Waals surface area contributed by atoms with Crippen molar-refractivity contribution in [2.75, 3.05) is 11.9 Å². The van der Waals surface area contributed by atoms with E-state index in [2.05, 4.69) is 10.6 Å². The lowest BCUT2D eigenvalue weighted by molar-refractivity contribution is 0.198. The lowest BCUT2D eigenvalue weighted by Gasteiger charge is -2.15. The van der Waals surface area contributed by atoms with Crippen molar-refractivity contribution in [1.29, 1.82) is 0 Å². The van der Waals surface area contributed by atoms with Gasteiger partial charge in [-0.15, -0.1) is 0 Å². The first-order valence-corrected chi connectivity index (χ1v) is 6.18. The summed E-state index contributed by atoms with van der Waals surface area (Å²) in [6.07, 6.45) is -0.440. The smallest absolute Gasteiger partial charge is 0.170 e. The molecule has 0 aromatic heterocycles. The number of aliphatic hydroxyl groups excluding tert-OH is 1. The van der Waals surface area contributed by atoms with Crippen LogP contribution in [0.5, 0.6) is 0 Å². The number of rotatable bonds is 3. The SMILES string of the molecule is Cc1cc(C)c(NC(=S)NC[C@@H](C)O)c(Cl)c1. The Balaban J connectivity index is 2.72. The van der Waals surface area contributed by atoms with Crippen molar-refractivity contribution >= 4 is 34.6 Å². The maximum Gasteiger partial charge on any atom is 0.170 e. The van der Waals surface area contributed by atoms with Crippen molar-refractivity contribution in [1.82, 2.24) is 5.32 Å². The molecule has 3 N–H and O–H groups in total. The minimum Gasteiger partial charge on any atom is -0.392 e. The Bertz CT molecular complexity index is 398. The van der Waals surface area contributed by atoms with Gasteiger partial charge in [0.05, 0.1) is 16.8 Å². The number of anilines is 1. The van der Waals surface area contributed by atoms with Gasteiger partial charge in [0.15, 0.2) is 5.11 Å². The quantitative estimate of drug-likeness (QED) is 0.740. The summed E-state index contributed by atoms with van der Waals surface area (Å²) >= 11 is 11.3. The zero-order valence-corrected chi connectivity index (χ0v) is 11.7. The molecule has 17 heavy (non-hydrogen) atoms. The van der Waals surface area contributed by atoms with E-state index in [1.54, 1.807) is 6.92 Å². The highest BCUT2D eigenvalue weighted by Gasteiger charge is 2.07. The summed E-state index contributed by atoms with van der Waals surface area (Å²) in [6, 6.07) is 3.92. The Morgan fingerprint density at radius 2 is 2.12 bits per heavy atom. The number of nitrogens with one attached hydrogen (secondary N) is 2. The molecule has 94 valence electrons. The molecule has 0 aliphatic carbocycles. The molecule has 1 atom stereocenters. The van der Waals surface area contributed by atoms with Gasteiger partial charge in [-0.3, -0.25) is 0 Å². The van der Waals surface area contributed by atoms with Crippen molar-refractivity contribution in [3.05, 3.63) is 28.3 Å². The minimum atomic E-state index is -0.440. The fourth-order valence-corrected chi connectivity index (χ4v) is 2.03. The third kappa shape index (κ3) is 4.50. The number of aliphatic hydroxyl groups is 1. The lowest BCUT2D eigenvalue weighted by atomic mass is 10.1. The van der Waals surface area contributed by atoms with Gasteiger partial charge in [-0.2, -0.15) is 0 Å². The average molecular weight is 273 g/mol. The second kappa shape index (κ2) is 6.19. The summed E-state index contributed by atoms with van der Waals surface area (Å²) < 4.78 is 0. The highest BCUT2D eigenvalue weighted by molar-refractivity contribution is 7.80. The normalized spacial score (nSPS) is 12.1. The molecule has 0 bridgehead atoms. The highest BCUT2D eigenvalue weighted by atomic mass is 35.5. The van der Waals surface area contributed by atoms with Crippen LogP contribution >= 0.6 is 23.8 Å². The third-order valence-corrected chi connectivity index (χ3v) is 2.77. The van der Waals surface area contributed by atoms with Crippen LogP contribution in [-0.4, -0.2) is 22.9 Å². The molecule has 0 fully saturated rings. The molecule has 0 spiro atoms. The van der Waals surface area contributed by atoms with E-state index in [0.29, 0.717) is 16.7 Å². The molecule has 1 aromatic rings.